The van der Waals surface area contributed by atoms with E-state index in [1.165, 1.54) is 6.07 Å². The second-order valence-electron chi connectivity index (χ2n) is 4.62. The van der Waals surface area contributed by atoms with Crippen molar-refractivity contribution in [3.63, 3.8) is 0 Å². The van der Waals surface area contributed by atoms with E-state index in [1.807, 2.05) is 13.1 Å². The maximum atomic E-state index is 14.0. The van der Waals surface area contributed by atoms with Gasteiger partial charge in [0.1, 0.15) is 11.6 Å². The van der Waals surface area contributed by atoms with Crippen molar-refractivity contribution in [2.75, 3.05) is 14.2 Å². The normalized spacial score (nSPS) is 12.2. The monoisotopic (exact) mass is 265 g/mol. The molecule has 3 heteroatoms. The lowest BCUT2D eigenvalue weighted by Crippen LogP contribution is -2.18. The molecule has 1 rings (SSSR count). The number of rotatable bonds is 9. The van der Waals surface area contributed by atoms with Crippen molar-refractivity contribution in [1.82, 2.24) is 5.32 Å². The zero-order valence-electron chi connectivity index (χ0n) is 11.9. The fourth-order valence-corrected chi connectivity index (χ4v) is 2.28. The molecule has 1 unspecified atom stereocenters. The molecule has 2 nitrogen and oxygen atoms in total. The van der Waals surface area contributed by atoms with Gasteiger partial charge in [-0.05, 0) is 38.4 Å². The Morgan fingerprint density at radius 2 is 2.16 bits per heavy atom. The van der Waals surface area contributed by atoms with E-state index < -0.39 is 0 Å². The lowest BCUT2D eigenvalue weighted by Gasteiger charge is -2.20. The molecule has 1 aromatic carbocycles. The highest BCUT2D eigenvalue weighted by atomic mass is 19.1. The largest absolute Gasteiger partial charge is 0.496 e. The fourth-order valence-electron chi connectivity index (χ4n) is 2.28. The van der Waals surface area contributed by atoms with Gasteiger partial charge in [0.05, 0.1) is 7.11 Å². The van der Waals surface area contributed by atoms with Crippen LogP contribution in [0.1, 0.15) is 43.7 Å². The van der Waals surface area contributed by atoms with E-state index in [-0.39, 0.29) is 11.9 Å². The number of hydrogen-bond donors (Lipinski definition) is 1. The molecule has 0 spiro atoms. The van der Waals surface area contributed by atoms with Crippen LogP contribution in [0.15, 0.2) is 30.9 Å². The van der Waals surface area contributed by atoms with Gasteiger partial charge in [0, 0.05) is 11.6 Å². The van der Waals surface area contributed by atoms with E-state index in [0.29, 0.717) is 11.3 Å². The summed E-state index contributed by atoms with van der Waals surface area (Å²) < 4.78 is 19.2. The number of benzene rings is 1. The zero-order chi connectivity index (χ0) is 14.1. The van der Waals surface area contributed by atoms with Crippen molar-refractivity contribution in [2.45, 2.75) is 38.1 Å². The summed E-state index contributed by atoms with van der Waals surface area (Å²) in [6.45, 7) is 3.71. The summed E-state index contributed by atoms with van der Waals surface area (Å²) in [6, 6.07) is 4.97. The minimum absolute atomic E-state index is 0.000110. The number of ether oxygens (including phenoxy) is 1. The smallest absolute Gasteiger partial charge is 0.131 e. The van der Waals surface area contributed by atoms with Gasteiger partial charge in [0.25, 0.3) is 0 Å². The third-order valence-electron chi connectivity index (χ3n) is 3.33. The standard InChI is InChI=1S/C16H24FNO/c1-4-5-6-7-8-11-14(18-2)16-13(17)10-9-12-15(16)19-3/h4,9-10,12,14,18H,1,5-8,11H2,2-3H3. The van der Waals surface area contributed by atoms with Crippen LogP contribution in [0.4, 0.5) is 4.39 Å². The molecule has 1 N–H and O–H groups in total. The second kappa shape index (κ2) is 8.70. The summed E-state index contributed by atoms with van der Waals surface area (Å²) >= 11 is 0. The van der Waals surface area contributed by atoms with Crippen LogP contribution in [0.3, 0.4) is 0 Å². The number of halogens is 1. The highest BCUT2D eigenvalue weighted by Gasteiger charge is 2.18. The van der Waals surface area contributed by atoms with E-state index >= 15 is 0 Å². The van der Waals surface area contributed by atoms with Crippen molar-refractivity contribution >= 4 is 0 Å². The summed E-state index contributed by atoms with van der Waals surface area (Å²) in [5, 5.41) is 3.18. The fraction of sp³-hybridized carbons (Fsp3) is 0.500. The molecule has 19 heavy (non-hydrogen) atoms. The number of methoxy groups -OCH3 is 1. The highest BCUT2D eigenvalue weighted by Crippen LogP contribution is 2.30. The van der Waals surface area contributed by atoms with Gasteiger partial charge in [-0.2, -0.15) is 0 Å². The molecule has 0 aliphatic rings. The molecule has 0 heterocycles. The maximum Gasteiger partial charge on any atom is 0.131 e. The first-order valence-electron chi connectivity index (χ1n) is 6.85. The molecule has 0 radical (unpaired) electrons. The Morgan fingerprint density at radius 1 is 1.37 bits per heavy atom. The second-order valence-corrected chi connectivity index (χ2v) is 4.62. The molecule has 0 fully saturated rings. The number of hydrogen-bond acceptors (Lipinski definition) is 2. The molecule has 1 atom stereocenters. The quantitative estimate of drug-likeness (QED) is 0.533. The first-order valence-corrected chi connectivity index (χ1v) is 6.85. The molecule has 0 aliphatic carbocycles. The van der Waals surface area contributed by atoms with Gasteiger partial charge in [0.2, 0.25) is 0 Å². The van der Waals surface area contributed by atoms with Crippen LogP contribution in [-0.2, 0) is 0 Å². The lowest BCUT2D eigenvalue weighted by molar-refractivity contribution is 0.387. The van der Waals surface area contributed by atoms with Crippen molar-refractivity contribution in [2.24, 2.45) is 0 Å². The van der Waals surface area contributed by atoms with Gasteiger partial charge in [-0.25, -0.2) is 4.39 Å². The zero-order valence-corrected chi connectivity index (χ0v) is 11.9. The van der Waals surface area contributed by atoms with Crippen molar-refractivity contribution < 1.29 is 9.13 Å². The molecule has 0 saturated heterocycles. The molecular formula is C16H24FNO. The van der Waals surface area contributed by atoms with Gasteiger partial charge in [-0.15, -0.1) is 6.58 Å². The summed E-state index contributed by atoms with van der Waals surface area (Å²) in [4.78, 5) is 0. The van der Waals surface area contributed by atoms with Gasteiger partial charge in [0.15, 0.2) is 0 Å². The molecule has 0 aliphatic heterocycles. The summed E-state index contributed by atoms with van der Waals surface area (Å²) in [7, 11) is 3.44. The Kier molecular flexibility index (Phi) is 7.19. The third kappa shape index (κ3) is 4.67. The minimum Gasteiger partial charge on any atom is -0.496 e. The Bertz CT molecular complexity index is 392. The van der Waals surface area contributed by atoms with Gasteiger partial charge in [-0.3, -0.25) is 0 Å². The molecule has 0 amide bonds. The Morgan fingerprint density at radius 3 is 2.79 bits per heavy atom. The summed E-state index contributed by atoms with van der Waals surface area (Å²) in [6.07, 6.45) is 7.25. The molecule has 106 valence electrons. The van der Waals surface area contributed by atoms with Crippen LogP contribution in [0.2, 0.25) is 0 Å². The molecule has 0 saturated carbocycles. The van der Waals surface area contributed by atoms with Gasteiger partial charge in [-0.1, -0.05) is 25.0 Å². The molecule has 1 aromatic rings. The third-order valence-corrected chi connectivity index (χ3v) is 3.33. The maximum absolute atomic E-state index is 14.0. The number of unbranched alkanes of at least 4 members (excludes halogenated alkanes) is 3. The molecule has 0 bridgehead atoms. The van der Waals surface area contributed by atoms with E-state index in [1.54, 1.807) is 19.2 Å². The van der Waals surface area contributed by atoms with Crippen LogP contribution in [0, 0.1) is 5.82 Å². The predicted molar refractivity (Wildman–Crippen MR) is 78.0 cm³/mol. The highest BCUT2D eigenvalue weighted by molar-refractivity contribution is 5.37. The van der Waals surface area contributed by atoms with Crippen LogP contribution in [0.5, 0.6) is 5.75 Å². The summed E-state index contributed by atoms with van der Waals surface area (Å²) in [5.74, 6) is 0.412. The van der Waals surface area contributed by atoms with E-state index in [9.17, 15) is 4.39 Å². The topological polar surface area (TPSA) is 21.3 Å². The predicted octanol–water partition coefficient (Wildman–Crippen LogP) is 4.23. The van der Waals surface area contributed by atoms with Crippen LogP contribution < -0.4 is 10.1 Å². The van der Waals surface area contributed by atoms with E-state index in [4.69, 9.17) is 4.74 Å². The molecular weight excluding hydrogens is 241 g/mol. The average Bonchev–Trinajstić information content (AvgIpc) is 2.43. The van der Waals surface area contributed by atoms with Crippen molar-refractivity contribution in [1.29, 1.82) is 0 Å². The number of allylic oxidation sites excluding steroid dienone is 1. The van der Waals surface area contributed by atoms with Crippen molar-refractivity contribution in [3.05, 3.63) is 42.2 Å². The summed E-state index contributed by atoms with van der Waals surface area (Å²) in [5.41, 5.74) is 0.635. The first-order chi connectivity index (χ1) is 9.24. The first kappa shape index (κ1) is 15.7. The average molecular weight is 265 g/mol. The molecule has 0 aromatic heterocycles. The van der Waals surface area contributed by atoms with Gasteiger partial charge >= 0.3 is 0 Å². The Hall–Kier alpha value is -1.35. The Labute approximate surface area is 115 Å². The lowest BCUT2D eigenvalue weighted by atomic mass is 9.98. The Balaban J connectivity index is 2.66. The SMILES string of the molecule is C=CCCCCCC(NC)c1c(F)cccc1OC. The van der Waals surface area contributed by atoms with Gasteiger partial charge < -0.3 is 10.1 Å². The minimum atomic E-state index is -0.204. The van der Waals surface area contributed by atoms with Crippen LogP contribution in [-0.4, -0.2) is 14.2 Å². The number of nitrogens with one attached hydrogen (secondary N) is 1. The van der Waals surface area contributed by atoms with E-state index in [0.717, 1.165) is 32.1 Å². The van der Waals surface area contributed by atoms with Crippen molar-refractivity contribution in [3.8, 4) is 5.75 Å². The van der Waals surface area contributed by atoms with E-state index in [2.05, 4.69) is 11.9 Å². The van der Waals surface area contributed by atoms with Crippen LogP contribution >= 0.6 is 0 Å². The van der Waals surface area contributed by atoms with Crippen LogP contribution in [0.25, 0.3) is 0 Å².